The zero-order valence-corrected chi connectivity index (χ0v) is 13.4. The van der Waals surface area contributed by atoms with Crippen molar-refractivity contribution in [3.8, 4) is 5.69 Å². The number of anilines is 1. The number of nitrogens with zero attached hydrogens (tertiary/aromatic N) is 3. The summed E-state index contributed by atoms with van der Waals surface area (Å²) >= 11 is 1.30. The molecule has 1 aromatic carbocycles. The minimum atomic E-state index is -3.51. The summed E-state index contributed by atoms with van der Waals surface area (Å²) in [5, 5.41) is 4.81. The van der Waals surface area contributed by atoms with Gasteiger partial charge >= 0.3 is 0 Å². The summed E-state index contributed by atoms with van der Waals surface area (Å²) < 4.78 is 26.9. The van der Waals surface area contributed by atoms with Gasteiger partial charge in [0.15, 0.2) is 0 Å². The monoisotopic (exact) mass is 322 g/mol. The molecule has 0 aliphatic carbocycles. The highest BCUT2D eigenvalue weighted by Gasteiger charge is 2.21. The maximum absolute atomic E-state index is 11.5. The van der Waals surface area contributed by atoms with Crippen molar-refractivity contribution in [2.45, 2.75) is 11.9 Å². The minimum absolute atomic E-state index is 0.167. The quantitative estimate of drug-likeness (QED) is 0.694. The van der Waals surface area contributed by atoms with Gasteiger partial charge in [0.05, 0.1) is 18.5 Å². The third-order valence-corrected chi connectivity index (χ3v) is 3.92. The lowest BCUT2D eigenvalue weighted by atomic mass is 10.2. The molecule has 1 N–H and O–H groups in total. The molecule has 0 saturated carbocycles. The maximum Gasteiger partial charge on any atom is 0.262 e. The number of nitrogens with one attached hydrogen (secondary N) is 1. The van der Waals surface area contributed by atoms with E-state index in [9.17, 15) is 8.42 Å². The summed E-state index contributed by atoms with van der Waals surface area (Å²) in [6.07, 6.45) is 2.84. The average Bonchev–Trinajstić information content (AvgIpc) is 2.75. The van der Waals surface area contributed by atoms with E-state index in [0.29, 0.717) is 10.7 Å². The summed E-state index contributed by atoms with van der Waals surface area (Å²) in [4.78, 5) is 3.41. The van der Waals surface area contributed by atoms with Gasteiger partial charge in [-0.05, 0) is 25.3 Å². The molecule has 0 spiro atoms. The second-order valence-electron chi connectivity index (χ2n) is 4.44. The Hall–Kier alpha value is -1.98. The zero-order chi connectivity index (χ0) is 15.6. The topological polar surface area (TPSA) is 68.3 Å². The second kappa shape index (κ2) is 5.79. The van der Waals surface area contributed by atoms with Gasteiger partial charge in [0.2, 0.25) is 10.0 Å². The first kappa shape index (κ1) is 15.4. The van der Waals surface area contributed by atoms with Crippen molar-refractivity contribution in [3.63, 3.8) is 0 Å². The molecule has 0 radical (unpaired) electrons. The third-order valence-electron chi connectivity index (χ3n) is 2.70. The number of sulfonamides is 1. The summed E-state index contributed by atoms with van der Waals surface area (Å²) in [6, 6.07) is 7.45. The lowest BCUT2D eigenvalue weighted by Gasteiger charge is -2.09. The van der Waals surface area contributed by atoms with Crippen LogP contribution >= 0.6 is 11.8 Å². The van der Waals surface area contributed by atoms with Crippen molar-refractivity contribution in [2.24, 2.45) is 0 Å². The Morgan fingerprint density at radius 1 is 1.33 bits per heavy atom. The predicted molar refractivity (Wildman–Crippen MR) is 84.8 cm³/mol. The Labute approximate surface area is 128 Å². The first-order chi connectivity index (χ1) is 9.85. The fraction of sp³-hybridized carbons (Fsp3) is 0.231. The molecule has 8 heteroatoms. The number of hydrogen-bond donors (Lipinski definition) is 1. The molecular formula is C13H14N4O2S2. The van der Waals surface area contributed by atoms with Crippen LogP contribution in [0.3, 0.4) is 0 Å². The van der Waals surface area contributed by atoms with Gasteiger partial charge in [0, 0.05) is 0 Å². The molecule has 0 amide bonds. The van der Waals surface area contributed by atoms with Gasteiger partial charge in [-0.1, -0.05) is 17.7 Å². The molecule has 0 atom stereocenters. The molecule has 2 aromatic rings. The molecule has 110 valence electrons. The number of aromatic nitrogens is 2. The van der Waals surface area contributed by atoms with Crippen molar-refractivity contribution < 1.29 is 8.42 Å². The zero-order valence-electron chi connectivity index (χ0n) is 11.8. The van der Waals surface area contributed by atoms with Crippen LogP contribution in [-0.2, 0) is 10.0 Å². The van der Waals surface area contributed by atoms with Gasteiger partial charge in [-0.15, -0.1) is 11.8 Å². The maximum atomic E-state index is 11.5. The average molecular weight is 322 g/mol. The van der Waals surface area contributed by atoms with E-state index in [4.69, 9.17) is 6.57 Å². The number of benzene rings is 1. The standard InChI is InChI=1S/C13H14N4O2S2/c1-9-5-7-10(8-6-9)17-12(16-21(4,18)19)11(14-2)13(15-17)20-3/h5-8,16H,1,3-4H3. The van der Waals surface area contributed by atoms with E-state index in [1.165, 1.54) is 16.4 Å². The SMILES string of the molecule is [C-]#[N+]c1c(SC)nn(-c2ccc(C)cc2)c1NS(C)(=O)=O. The molecule has 0 unspecified atom stereocenters. The highest BCUT2D eigenvalue weighted by molar-refractivity contribution is 7.98. The van der Waals surface area contributed by atoms with Crippen molar-refractivity contribution in [3.05, 3.63) is 41.2 Å². The smallest absolute Gasteiger partial charge is 0.262 e. The number of rotatable bonds is 4. The molecule has 6 nitrogen and oxygen atoms in total. The van der Waals surface area contributed by atoms with Gasteiger partial charge in [-0.25, -0.2) is 17.9 Å². The molecule has 21 heavy (non-hydrogen) atoms. The first-order valence-corrected chi connectivity index (χ1v) is 9.06. The van der Waals surface area contributed by atoms with E-state index < -0.39 is 10.0 Å². The van der Waals surface area contributed by atoms with Gasteiger partial charge in [-0.2, -0.15) is 5.10 Å². The Bertz CT molecular complexity index is 802. The second-order valence-corrected chi connectivity index (χ2v) is 6.98. The lowest BCUT2D eigenvalue weighted by molar-refractivity contribution is 0.606. The molecule has 0 aliphatic rings. The predicted octanol–water partition coefficient (Wildman–Crippen LogP) is 2.82. The summed E-state index contributed by atoms with van der Waals surface area (Å²) in [5.74, 6) is 0.167. The Kier molecular flexibility index (Phi) is 4.25. The van der Waals surface area contributed by atoms with Crippen molar-refractivity contribution in [2.75, 3.05) is 17.2 Å². The van der Waals surface area contributed by atoms with Crippen LogP contribution in [0.15, 0.2) is 29.3 Å². The molecule has 0 bridgehead atoms. The van der Waals surface area contributed by atoms with E-state index >= 15 is 0 Å². The van der Waals surface area contributed by atoms with Crippen molar-refractivity contribution in [1.29, 1.82) is 0 Å². The summed E-state index contributed by atoms with van der Waals surface area (Å²) in [7, 11) is -3.51. The molecule has 0 saturated heterocycles. The number of thioether (sulfide) groups is 1. The lowest BCUT2D eigenvalue weighted by Crippen LogP contribution is -2.13. The minimum Gasteiger partial charge on any atom is -0.276 e. The van der Waals surface area contributed by atoms with Crippen LogP contribution in [0, 0.1) is 13.5 Å². The van der Waals surface area contributed by atoms with E-state index in [1.54, 1.807) is 6.26 Å². The van der Waals surface area contributed by atoms with Crippen LogP contribution in [0.4, 0.5) is 11.5 Å². The van der Waals surface area contributed by atoms with E-state index in [1.807, 2.05) is 31.2 Å². The fourth-order valence-corrected chi connectivity index (χ4v) is 2.80. The Morgan fingerprint density at radius 3 is 2.43 bits per heavy atom. The fourth-order valence-electron chi connectivity index (χ4n) is 1.77. The van der Waals surface area contributed by atoms with Crippen LogP contribution in [0.5, 0.6) is 0 Å². The summed E-state index contributed by atoms with van der Waals surface area (Å²) in [5.41, 5.74) is 1.98. The molecule has 0 aliphatic heterocycles. The molecule has 2 rings (SSSR count). The molecular weight excluding hydrogens is 308 g/mol. The first-order valence-electron chi connectivity index (χ1n) is 5.95. The van der Waals surface area contributed by atoms with Gasteiger partial charge in [-0.3, -0.25) is 4.72 Å². The van der Waals surface area contributed by atoms with Crippen molar-refractivity contribution >= 4 is 33.3 Å². The highest BCUT2D eigenvalue weighted by atomic mass is 32.2. The molecule has 1 heterocycles. The Balaban J connectivity index is 2.67. The summed E-state index contributed by atoms with van der Waals surface area (Å²) in [6.45, 7) is 9.23. The number of aryl methyl sites for hydroxylation is 1. The third kappa shape index (κ3) is 3.37. The van der Waals surface area contributed by atoms with Crippen LogP contribution in [-0.4, -0.2) is 30.7 Å². The van der Waals surface area contributed by atoms with Crippen molar-refractivity contribution in [1.82, 2.24) is 9.78 Å². The van der Waals surface area contributed by atoms with Crippen LogP contribution < -0.4 is 4.72 Å². The Morgan fingerprint density at radius 2 is 1.95 bits per heavy atom. The normalized spacial score (nSPS) is 11.1. The van der Waals surface area contributed by atoms with Crippen LogP contribution in [0.1, 0.15) is 5.56 Å². The number of hydrogen-bond acceptors (Lipinski definition) is 4. The largest absolute Gasteiger partial charge is 0.276 e. The molecule has 0 fully saturated rings. The van der Waals surface area contributed by atoms with Crippen LogP contribution in [0.2, 0.25) is 0 Å². The highest BCUT2D eigenvalue weighted by Crippen LogP contribution is 2.37. The van der Waals surface area contributed by atoms with E-state index in [-0.39, 0.29) is 11.5 Å². The van der Waals surface area contributed by atoms with Gasteiger partial charge in [0.1, 0.15) is 10.8 Å². The van der Waals surface area contributed by atoms with E-state index in [0.717, 1.165) is 11.8 Å². The molecule has 1 aromatic heterocycles. The van der Waals surface area contributed by atoms with E-state index in [2.05, 4.69) is 14.7 Å². The van der Waals surface area contributed by atoms with Gasteiger partial charge in [0.25, 0.3) is 5.69 Å². The van der Waals surface area contributed by atoms with Gasteiger partial charge < -0.3 is 0 Å². The van der Waals surface area contributed by atoms with Crippen LogP contribution in [0.25, 0.3) is 10.5 Å².